The van der Waals surface area contributed by atoms with E-state index in [0.717, 1.165) is 29.4 Å². The molecule has 2 N–H and O–H groups in total. The Balaban J connectivity index is 1.75. The number of anilines is 1. The molecule has 2 aromatic rings. The molecule has 5 nitrogen and oxygen atoms in total. The molecule has 0 radical (unpaired) electrons. The van der Waals surface area contributed by atoms with Gasteiger partial charge in [-0.25, -0.2) is 5.21 Å². The molecule has 2 heterocycles. The van der Waals surface area contributed by atoms with Gasteiger partial charge in [0.15, 0.2) is 5.69 Å². The zero-order valence-electron chi connectivity index (χ0n) is 16.2. The van der Waals surface area contributed by atoms with Crippen LogP contribution in [0.1, 0.15) is 24.8 Å². The number of hydrogen-bond acceptors (Lipinski definition) is 6. The number of nitrogens with zero attached hydrogens (tertiary/aromatic N) is 2. The SMILES string of the molecule is CSC1=C(c2ccc(Cl)cc2)SC(N2CCCCC2)N1c1ccc([NH+]([O-])O)cc1. The van der Waals surface area contributed by atoms with Gasteiger partial charge in [0.05, 0.1) is 5.03 Å². The first kappa shape index (κ1) is 21.1. The first-order valence-electron chi connectivity index (χ1n) is 9.66. The Bertz CT molecular complexity index is 868. The maximum Gasteiger partial charge on any atom is 0.163 e. The molecule has 0 aromatic heterocycles. The van der Waals surface area contributed by atoms with Crippen LogP contribution in [0.2, 0.25) is 5.02 Å². The number of benzene rings is 2. The van der Waals surface area contributed by atoms with E-state index in [9.17, 15) is 10.4 Å². The Kier molecular flexibility index (Phi) is 6.76. The van der Waals surface area contributed by atoms with E-state index in [2.05, 4.69) is 28.2 Å². The molecule has 8 heteroatoms. The zero-order chi connectivity index (χ0) is 20.4. The van der Waals surface area contributed by atoms with E-state index >= 15 is 0 Å². The summed E-state index contributed by atoms with van der Waals surface area (Å²) in [6.07, 6.45) is 5.82. The lowest BCUT2D eigenvalue weighted by Gasteiger charge is -2.38. The van der Waals surface area contributed by atoms with Crippen molar-refractivity contribution >= 4 is 51.4 Å². The van der Waals surface area contributed by atoms with Crippen LogP contribution in [0, 0.1) is 5.21 Å². The second-order valence-corrected chi connectivity index (χ2v) is 9.41. The Morgan fingerprint density at radius 2 is 1.72 bits per heavy atom. The third-order valence-corrected chi connectivity index (χ3v) is 7.81. The first-order valence-corrected chi connectivity index (χ1v) is 12.1. The van der Waals surface area contributed by atoms with Crippen molar-refractivity contribution in [2.75, 3.05) is 24.2 Å². The van der Waals surface area contributed by atoms with Gasteiger partial charge in [0.2, 0.25) is 0 Å². The molecule has 0 aliphatic carbocycles. The Labute approximate surface area is 184 Å². The number of hydrogen-bond donors (Lipinski definition) is 2. The van der Waals surface area contributed by atoms with E-state index in [-0.39, 0.29) is 5.50 Å². The molecule has 154 valence electrons. The summed E-state index contributed by atoms with van der Waals surface area (Å²) in [7, 11) is 0. The molecule has 0 saturated carbocycles. The van der Waals surface area contributed by atoms with Crippen molar-refractivity contribution < 1.29 is 10.4 Å². The molecule has 29 heavy (non-hydrogen) atoms. The summed E-state index contributed by atoms with van der Waals surface area (Å²) < 4.78 is 0. The van der Waals surface area contributed by atoms with Crippen LogP contribution in [0.15, 0.2) is 53.6 Å². The standard InChI is InChI=1S/C21H24ClN3O2S2/c1-28-20-19(15-5-7-16(22)8-6-15)29-21(23-13-3-2-4-14-23)24(20)17-9-11-18(12-10-17)25(26)27/h5-12,21,25-26H,2-4,13-14H2,1H3. The Morgan fingerprint density at radius 3 is 2.31 bits per heavy atom. The fourth-order valence-corrected chi connectivity index (χ4v) is 6.46. The fraction of sp³-hybridized carbons (Fsp3) is 0.333. The maximum absolute atomic E-state index is 11.3. The minimum atomic E-state index is -0.901. The van der Waals surface area contributed by atoms with E-state index in [1.165, 1.54) is 29.2 Å². The van der Waals surface area contributed by atoms with Crippen LogP contribution in [-0.2, 0) is 0 Å². The molecule has 1 saturated heterocycles. The van der Waals surface area contributed by atoms with Gasteiger partial charge in [-0.2, -0.15) is 5.23 Å². The average molecular weight is 450 g/mol. The van der Waals surface area contributed by atoms with Crippen molar-refractivity contribution in [1.29, 1.82) is 0 Å². The number of likely N-dealkylation sites (tertiary alicyclic amines) is 1. The third-order valence-electron chi connectivity index (χ3n) is 5.25. The molecular formula is C21H24ClN3O2S2. The largest absolute Gasteiger partial charge is 0.595 e. The second kappa shape index (κ2) is 9.31. The quantitative estimate of drug-likeness (QED) is 0.642. The summed E-state index contributed by atoms with van der Waals surface area (Å²) >= 11 is 9.71. The number of piperidine rings is 1. The van der Waals surface area contributed by atoms with Crippen molar-refractivity contribution in [3.05, 3.63) is 69.4 Å². The Morgan fingerprint density at radius 1 is 1.07 bits per heavy atom. The zero-order valence-corrected chi connectivity index (χ0v) is 18.6. The Hall–Kier alpha value is -1.19. The highest BCUT2D eigenvalue weighted by atomic mass is 35.5. The summed E-state index contributed by atoms with van der Waals surface area (Å²) in [5.74, 6) is 0. The molecule has 0 spiro atoms. The predicted molar refractivity (Wildman–Crippen MR) is 123 cm³/mol. The molecule has 2 aromatic carbocycles. The summed E-state index contributed by atoms with van der Waals surface area (Å²) in [5.41, 5.74) is 2.66. The summed E-state index contributed by atoms with van der Waals surface area (Å²) in [5, 5.41) is 21.6. The van der Waals surface area contributed by atoms with E-state index < -0.39 is 5.23 Å². The number of halogens is 1. The summed E-state index contributed by atoms with van der Waals surface area (Å²) in [4.78, 5) is 6.14. The van der Waals surface area contributed by atoms with Gasteiger partial charge in [0.1, 0.15) is 5.50 Å². The van der Waals surface area contributed by atoms with Gasteiger partial charge < -0.3 is 10.1 Å². The van der Waals surface area contributed by atoms with Gasteiger partial charge >= 0.3 is 0 Å². The van der Waals surface area contributed by atoms with Crippen LogP contribution in [0.25, 0.3) is 4.91 Å². The molecule has 2 unspecified atom stereocenters. The molecule has 0 amide bonds. The maximum atomic E-state index is 11.3. The van der Waals surface area contributed by atoms with Gasteiger partial charge in [0.25, 0.3) is 0 Å². The molecular weight excluding hydrogens is 426 g/mol. The summed E-state index contributed by atoms with van der Waals surface area (Å²) in [6.45, 7) is 2.16. The van der Waals surface area contributed by atoms with Crippen LogP contribution in [-0.4, -0.2) is 35.0 Å². The van der Waals surface area contributed by atoms with Crippen molar-refractivity contribution in [3.8, 4) is 0 Å². The van der Waals surface area contributed by atoms with Crippen LogP contribution in [0.3, 0.4) is 0 Å². The van der Waals surface area contributed by atoms with Crippen LogP contribution < -0.4 is 10.1 Å². The van der Waals surface area contributed by atoms with Crippen molar-refractivity contribution in [1.82, 2.24) is 4.90 Å². The highest BCUT2D eigenvalue weighted by molar-refractivity contribution is 8.12. The van der Waals surface area contributed by atoms with Gasteiger partial charge in [0, 0.05) is 40.8 Å². The first-order chi connectivity index (χ1) is 14.1. The minimum Gasteiger partial charge on any atom is -0.595 e. The van der Waals surface area contributed by atoms with Crippen molar-refractivity contribution in [3.63, 3.8) is 0 Å². The van der Waals surface area contributed by atoms with Gasteiger partial charge in [-0.05, 0) is 48.9 Å². The molecule has 2 atom stereocenters. The normalized spacial score (nSPS) is 21.7. The third kappa shape index (κ3) is 4.46. The molecule has 0 bridgehead atoms. The number of rotatable bonds is 5. The second-order valence-electron chi connectivity index (χ2n) is 7.11. The molecule has 1 fully saturated rings. The minimum absolute atomic E-state index is 0.166. The van der Waals surface area contributed by atoms with Crippen LogP contribution >= 0.6 is 35.1 Å². The highest BCUT2D eigenvalue weighted by Gasteiger charge is 2.38. The van der Waals surface area contributed by atoms with E-state index in [0.29, 0.717) is 5.69 Å². The van der Waals surface area contributed by atoms with E-state index in [1.807, 2.05) is 36.0 Å². The van der Waals surface area contributed by atoms with Crippen molar-refractivity contribution in [2.24, 2.45) is 0 Å². The van der Waals surface area contributed by atoms with E-state index in [1.54, 1.807) is 23.9 Å². The van der Waals surface area contributed by atoms with Gasteiger partial charge in [-0.1, -0.05) is 41.9 Å². The van der Waals surface area contributed by atoms with Crippen LogP contribution in [0.5, 0.6) is 0 Å². The van der Waals surface area contributed by atoms with Gasteiger partial charge in [-0.15, -0.1) is 11.8 Å². The lowest BCUT2D eigenvalue weighted by molar-refractivity contribution is -0.991. The number of thioether (sulfide) groups is 2. The number of quaternary nitrogens is 1. The fourth-order valence-electron chi connectivity index (χ4n) is 3.79. The van der Waals surface area contributed by atoms with E-state index in [4.69, 9.17) is 11.6 Å². The monoisotopic (exact) mass is 449 g/mol. The summed E-state index contributed by atoms with van der Waals surface area (Å²) in [6, 6.07) is 15.2. The molecule has 2 aliphatic rings. The molecule has 2 aliphatic heterocycles. The average Bonchev–Trinajstić information content (AvgIpc) is 3.14. The topological polar surface area (TPSA) is 54.2 Å². The number of nitrogens with one attached hydrogen (secondary N) is 1. The van der Waals surface area contributed by atoms with Gasteiger partial charge in [-0.3, -0.25) is 4.90 Å². The lowest BCUT2D eigenvalue weighted by atomic mass is 10.1. The predicted octanol–water partition coefficient (Wildman–Crippen LogP) is 4.76. The highest BCUT2D eigenvalue weighted by Crippen LogP contribution is 2.51. The lowest BCUT2D eigenvalue weighted by Crippen LogP contribution is -2.99. The molecule has 4 rings (SSSR count). The van der Waals surface area contributed by atoms with Crippen molar-refractivity contribution in [2.45, 2.75) is 24.8 Å². The van der Waals surface area contributed by atoms with Crippen LogP contribution in [0.4, 0.5) is 11.4 Å². The smallest absolute Gasteiger partial charge is 0.163 e.